The first kappa shape index (κ1) is 28.7. The van der Waals surface area contributed by atoms with E-state index in [1.807, 2.05) is 12.1 Å². The largest absolute Gasteiger partial charge is 0.508 e. The Kier molecular flexibility index (Phi) is 9.66. The van der Waals surface area contributed by atoms with Crippen molar-refractivity contribution in [2.24, 2.45) is 16.2 Å². The highest BCUT2D eigenvalue weighted by molar-refractivity contribution is 7.99. The van der Waals surface area contributed by atoms with Crippen molar-refractivity contribution in [3.63, 3.8) is 0 Å². The van der Waals surface area contributed by atoms with Gasteiger partial charge in [0.25, 0.3) is 0 Å². The molecule has 2 aromatic carbocycles. The summed E-state index contributed by atoms with van der Waals surface area (Å²) >= 11 is 1.72. The molecule has 1 aliphatic carbocycles. The standard InChI is InChI=1S/C33H48O2S/c1-8-31(9-2)18-20-33(12-5,21-19-31)32(10-3,11-4)24-26-22-30(36-27-16-14-13-15-17-27)29(35-7)23-28(26)25(6)34/h13-17,22-23,34H,6,8-12,18-21,24H2,1-5,7H3. The van der Waals surface area contributed by atoms with Gasteiger partial charge in [0.05, 0.1) is 12.0 Å². The van der Waals surface area contributed by atoms with Crippen molar-refractivity contribution < 1.29 is 9.84 Å². The summed E-state index contributed by atoms with van der Waals surface area (Å²) in [5.74, 6) is 0.917. The van der Waals surface area contributed by atoms with Crippen LogP contribution in [0.2, 0.25) is 0 Å². The third kappa shape index (κ3) is 5.52. The van der Waals surface area contributed by atoms with Crippen LogP contribution in [0.15, 0.2) is 58.8 Å². The minimum absolute atomic E-state index is 0.130. The second-order valence-corrected chi connectivity index (χ2v) is 12.1. The molecule has 3 rings (SSSR count). The van der Waals surface area contributed by atoms with Gasteiger partial charge in [-0.25, -0.2) is 0 Å². The van der Waals surface area contributed by atoms with E-state index in [2.05, 4.69) is 71.5 Å². The van der Waals surface area contributed by atoms with Gasteiger partial charge in [0.1, 0.15) is 11.5 Å². The SMILES string of the molecule is C=C(O)c1cc(OC)c(Sc2ccccc2)cc1CC(CC)(CC)C1(CC)CCC(CC)(CC)CC1. The van der Waals surface area contributed by atoms with Gasteiger partial charge in [-0.15, -0.1) is 0 Å². The van der Waals surface area contributed by atoms with Crippen LogP contribution in [0.3, 0.4) is 0 Å². The van der Waals surface area contributed by atoms with Gasteiger partial charge >= 0.3 is 0 Å². The van der Waals surface area contributed by atoms with Crippen molar-refractivity contribution in [3.05, 3.63) is 60.2 Å². The van der Waals surface area contributed by atoms with Gasteiger partial charge in [-0.05, 0) is 97.4 Å². The molecular weight excluding hydrogens is 460 g/mol. The molecule has 0 atom stereocenters. The molecule has 1 aliphatic rings. The van der Waals surface area contributed by atoms with Crippen molar-refractivity contribution >= 4 is 17.5 Å². The van der Waals surface area contributed by atoms with E-state index in [4.69, 9.17) is 4.74 Å². The average molecular weight is 509 g/mol. The lowest BCUT2D eigenvalue weighted by Gasteiger charge is -2.56. The average Bonchev–Trinajstić information content (AvgIpc) is 2.92. The fraction of sp³-hybridized carbons (Fsp3) is 0.576. The van der Waals surface area contributed by atoms with Gasteiger partial charge in [-0.2, -0.15) is 0 Å². The van der Waals surface area contributed by atoms with Crippen LogP contribution >= 0.6 is 11.8 Å². The van der Waals surface area contributed by atoms with Gasteiger partial charge in [0, 0.05) is 10.5 Å². The fourth-order valence-electron chi connectivity index (χ4n) is 7.15. The number of benzene rings is 2. The summed E-state index contributed by atoms with van der Waals surface area (Å²) in [6.07, 6.45) is 12.4. The lowest BCUT2D eigenvalue weighted by Crippen LogP contribution is -2.47. The molecular formula is C33H48O2S. The summed E-state index contributed by atoms with van der Waals surface area (Å²) in [5.41, 5.74) is 3.05. The van der Waals surface area contributed by atoms with Crippen LogP contribution in [-0.4, -0.2) is 12.2 Å². The Hall–Kier alpha value is -1.87. The lowest BCUT2D eigenvalue weighted by atomic mass is 9.48. The number of rotatable bonds is 12. The minimum atomic E-state index is 0.130. The highest BCUT2D eigenvalue weighted by Gasteiger charge is 2.51. The molecule has 1 fully saturated rings. The molecule has 0 aromatic heterocycles. The second kappa shape index (κ2) is 12.1. The highest BCUT2D eigenvalue weighted by Crippen LogP contribution is 2.61. The normalized spacial score (nSPS) is 17.1. The number of hydrogen-bond donors (Lipinski definition) is 1. The fourth-order valence-corrected chi connectivity index (χ4v) is 8.14. The molecule has 0 unspecified atom stereocenters. The van der Waals surface area contributed by atoms with Crippen LogP contribution in [0, 0.1) is 16.2 Å². The highest BCUT2D eigenvalue weighted by atomic mass is 32.2. The first-order chi connectivity index (χ1) is 17.3. The monoisotopic (exact) mass is 508 g/mol. The smallest absolute Gasteiger partial charge is 0.133 e. The zero-order valence-electron chi connectivity index (χ0n) is 23.6. The van der Waals surface area contributed by atoms with E-state index < -0.39 is 0 Å². The number of methoxy groups -OCH3 is 1. The maximum absolute atomic E-state index is 10.7. The van der Waals surface area contributed by atoms with Crippen molar-refractivity contribution in [1.29, 1.82) is 0 Å². The first-order valence-electron chi connectivity index (χ1n) is 14.1. The molecule has 0 amide bonds. The van der Waals surface area contributed by atoms with E-state index in [9.17, 15) is 5.11 Å². The van der Waals surface area contributed by atoms with E-state index >= 15 is 0 Å². The molecule has 3 heteroatoms. The van der Waals surface area contributed by atoms with Gasteiger partial charge < -0.3 is 9.84 Å². The van der Waals surface area contributed by atoms with Crippen LogP contribution in [0.25, 0.3) is 5.76 Å². The summed E-state index contributed by atoms with van der Waals surface area (Å²) in [5, 5.41) is 10.7. The molecule has 0 radical (unpaired) electrons. The molecule has 2 nitrogen and oxygen atoms in total. The molecule has 0 aliphatic heterocycles. The molecule has 2 aromatic rings. The first-order valence-corrected chi connectivity index (χ1v) is 14.9. The Morgan fingerprint density at radius 2 is 1.56 bits per heavy atom. The van der Waals surface area contributed by atoms with Crippen LogP contribution in [0.1, 0.15) is 104 Å². The zero-order chi connectivity index (χ0) is 26.4. The van der Waals surface area contributed by atoms with Crippen molar-refractivity contribution in [2.45, 2.75) is 109 Å². The van der Waals surface area contributed by atoms with E-state index in [1.54, 1.807) is 18.9 Å². The second-order valence-electron chi connectivity index (χ2n) is 11.0. The van der Waals surface area contributed by atoms with Gasteiger partial charge in [0.2, 0.25) is 0 Å². The summed E-state index contributed by atoms with van der Waals surface area (Å²) in [4.78, 5) is 2.28. The molecule has 0 heterocycles. The van der Waals surface area contributed by atoms with Crippen LogP contribution in [0.5, 0.6) is 5.75 Å². The Labute approximate surface area is 224 Å². The summed E-state index contributed by atoms with van der Waals surface area (Å²) in [6.45, 7) is 15.9. The Morgan fingerprint density at radius 1 is 0.944 bits per heavy atom. The number of ether oxygens (including phenoxy) is 1. The summed E-state index contributed by atoms with van der Waals surface area (Å²) in [7, 11) is 1.71. The molecule has 0 spiro atoms. The van der Waals surface area contributed by atoms with Crippen molar-refractivity contribution in [3.8, 4) is 5.75 Å². The van der Waals surface area contributed by atoms with Gasteiger partial charge in [0.15, 0.2) is 0 Å². The molecule has 1 saturated carbocycles. The van der Waals surface area contributed by atoms with Crippen molar-refractivity contribution in [2.75, 3.05) is 7.11 Å². The molecule has 0 saturated heterocycles. The number of hydrogen-bond acceptors (Lipinski definition) is 3. The van der Waals surface area contributed by atoms with Crippen LogP contribution in [-0.2, 0) is 6.42 Å². The third-order valence-corrected chi connectivity index (χ3v) is 11.2. The van der Waals surface area contributed by atoms with Crippen LogP contribution < -0.4 is 4.74 Å². The van der Waals surface area contributed by atoms with E-state index in [0.717, 1.165) is 35.5 Å². The predicted molar refractivity (Wildman–Crippen MR) is 156 cm³/mol. The Bertz CT molecular complexity index is 992. The van der Waals surface area contributed by atoms with E-state index in [-0.39, 0.29) is 11.2 Å². The maximum Gasteiger partial charge on any atom is 0.133 e. The van der Waals surface area contributed by atoms with E-state index in [0.29, 0.717) is 10.8 Å². The molecule has 198 valence electrons. The van der Waals surface area contributed by atoms with E-state index in [1.165, 1.54) is 55.4 Å². The van der Waals surface area contributed by atoms with Gasteiger partial charge in [-0.3, -0.25) is 0 Å². The maximum atomic E-state index is 10.7. The molecule has 36 heavy (non-hydrogen) atoms. The molecule has 0 bridgehead atoms. The van der Waals surface area contributed by atoms with Crippen LogP contribution in [0.4, 0.5) is 0 Å². The Morgan fingerprint density at radius 3 is 2.03 bits per heavy atom. The molecule has 1 N–H and O–H groups in total. The predicted octanol–water partition coefficient (Wildman–Crippen LogP) is 10.5. The quantitative estimate of drug-likeness (QED) is 0.289. The topological polar surface area (TPSA) is 29.5 Å². The number of aliphatic hydroxyl groups excluding tert-OH is 1. The Balaban J connectivity index is 2.06. The third-order valence-electron chi connectivity index (χ3n) is 10.1. The summed E-state index contributed by atoms with van der Waals surface area (Å²) < 4.78 is 5.78. The number of aliphatic hydroxyl groups is 1. The van der Waals surface area contributed by atoms with Crippen molar-refractivity contribution in [1.82, 2.24) is 0 Å². The lowest BCUT2D eigenvalue weighted by molar-refractivity contribution is -0.0524. The minimum Gasteiger partial charge on any atom is -0.508 e. The van der Waals surface area contributed by atoms with Gasteiger partial charge in [-0.1, -0.05) is 84.0 Å². The zero-order valence-corrected chi connectivity index (χ0v) is 24.4. The summed E-state index contributed by atoms with van der Waals surface area (Å²) in [6, 6.07) is 14.7.